The van der Waals surface area contributed by atoms with E-state index < -0.39 is 9.84 Å². The van der Waals surface area contributed by atoms with Gasteiger partial charge in [0, 0.05) is 19.2 Å². The van der Waals surface area contributed by atoms with Gasteiger partial charge >= 0.3 is 0 Å². The topological polar surface area (TPSA) is 55.4 Å². The van der Waals surface area contributed by atoms with Crippen molar-refractivity contribution in [1.29, 1.82) is 0 Å². The van der Waals surface area contributed by atoms with Crippen molar-refractivity contribution in [2.75, 3.05) is 31.3 Å². The molecular formula is C11H21NO3S. The fourth-order valence-corrected chi connectivity index (χ4v) is 3.89. The van der Waals surface area contributed by atoms with Gasteiger partial charge in [0.15, 0.2) is 0 Å². The highest BCUT2D eigenvalue weighted by molar-refractivity contribution is 7.91. The van der Waals surface area contributed by atoms with Gasteiger partial charge in [-0.05, 0) is 31.6 Å². The SMILES string of the molecule is O=S1(=O)CCC(NCC2CCCOC2)CC1. The molecule has 0 bridgehead atoms. The zero-order valence-corrected chi connectivity index (χ0v) is 10.5. The summed E-state index contributed by atoms with van der Waals surface area (Å²) in [5.74, 6) is 1.32. The molecule has 0 aromatic heterocycles. The molecule has 2 aliphatic heterocycles. The van der Waals surface area contributed by atoms with Gasteiger partial charge in [0.05, 0.1) is 18.1 Å². The molecule has 0 aliphatic carbocycles. The van der Waals surface area contributed by atoms with E-state index in [1.165, 1.54) is 6.42 Å². The van der Waals surface area contributed by atoms with Crippen LogP contribution in [-0.4, -0.2) is 45.7 Å². The minimum Gasteiger partial charge on any atom is -0.381 e. The third kappa shape index (κ3) is 3.71. The Labute approximate surface area is 97.7 Å². The van der Waals surface area contributed by atoms with Crippen LogP contribution in [0.3, 0.4) is 0 Å². The van der Waals surface area contributed by atoms with Gasteiger partial charge in [0.2, 0.25) is 0 Å². The average Bonchev–Trinajstić information content (AvgIpc) is 2.29. The van der Waals surface area contributed by atoms with Crippen LogP contribution < -0.4 is 5.32 Å². The first-order valence-electron chi connectivity index (χ1n) is 6.17. The van der Waals surface area contributed by atoms with E-state index in [1.807, 2.05) is 0 Å². The quantitative estimate of drug-likeness (QED) is 0.792. The summed E-state index contributed by atoms with van der Waals surface area (Å²) in [6, 6.07) is 0.394. The van der Waals surface area contributed by atoms with E-state index in [0.717, 1.165) is 39.0 Å². The van der Waals surface area contributed by atoms with Crippen LogP contribution in [0.2, 0.25) is 0 Å². The Bertz CT molecular complexity index is 295. The van der Waals surface area contributed by atoms with E-state index in [4.69, 9.17) is 4.74 Å². The molecular weight excluding hydrogens is 226 g/mol. The van der Waals surface area contributed by atoms with Crippen LogP contribution in [0.4, 0.5) is 0 Å². The molecule has 16 heavy (non-hydrogen) atoms. The summed E-state index contributed by atoms with van der Waals surface area (Å²) in [4.78, 5) is 0. The van der Waals surface area contributed by atoms with Gasteiger partial charge < -0.3 is 10.1 Å². The maximum absolute atomic E-state index is 11.3. The summed E-state index contributed by atoms with van der Waals surface area (Å²) < 4.78 is 27.9. The predicted molar refractivity (Wildman–Crippen MR) is 63.2 cm³/mol. The molecule has 2 saturated heterocycles. The lowest BCUT2D eigenvalue weighted by Crippen LogP contribution is -2.41. The highest BCUT2D eigenvalue weighted by Gasteiger charge is 2.24. The first-order chi connectivity index (χ1) is 7.66. The largest absolute Gasteiger partial charge is 0.381 e. The summed E-state index contributed by atoms with van der Waals surface area (Å²) >= 11 is 0. The monoisotopic (exact) mass is 247 g/mol. The number of nitrogens with one attached hydrogen (secondary N) is 1. The van der Waals surface area contributed by atoms with Crippen LogP contribution in [0, 0.1) is 5.92 Å². The predicted octanol–water partition coefficient (Wildman–Crippen LogP) is 0.580. The van der Waals surface area contributed by atoms with E-state index >= 15 is 0 Å². The molecule has 5 heteroatoms. The normalized spacial score (nSPS) is 31.4. The van der Waals surface area contributed by atoms with Gasteiger partial charge in [0.1, 0.15) is 9.84 Å². The fraction of sp³-hybridized carbons (Fsp3) is 1.00. The molecule has 4 nitrogen and oxygen atoms in total. The molecule has 1 atom stereocenters. The second-order valence-electron chi connectivity index (χ2n) is 4.92. The lowest BCUT2D eigenvalue weighted by molar-refractivity contribution is 0.0537. The lowest BCUT2D eigenvalue weighted by Gasteiger charge is -2.27. The Hall–Kier alpha value is -0.130. The maximum atomic E-state index is 11.3. The highest BCUT2D eigenvalue weighted by Crippen LogP contribution is 2.15. The van der Waals surface area contributed by atoms with Crippen molar-refractivity contribution < 1.29 is 13.2 Å². The molecule has 2 aliphatic rings. The molecule has 1 unspecified atom stereocenters. The van der Waals surface area contributed by atoms with Gasteiger partial charge in [-0.1, -0.05) is 0 Å². The zero-order valence-electron chi connectivity index (χ0n) is 9.65. The average molecular weight is 247 g/mol. The first-order valence-corrected chi connectivity index (χ1v) is 7.99. The van der Waals surface area contributed by atoms with Gasteiger partial charge in [-0.2, -0.15) is 0 Å². The van der Waals surface area contributed by atoms with E-state index in [2.05, 4.69) is 5.32 Å². The van der Waals surface area contributed by atoms with Crippen LogP contribution in [0.1, 0.15) is 25.7 Å². The van der Waals surface area contributed by atoms with Crippen LogP contribution in [0.25, 0.3) is 0 Å². The Morgan fingerprint density at radius 3 is 2.56 bits per heavy atom. The zero-order chi connectivity index (χ0) is 11.4. The molecule has 0 aromatic carbocycles. The summed E-state index contributed by atoms with van der Waals surface area (Å²) in [5.41, 5.74) is 0. The summed E-state index contributed by atoms with van der Waals surface area (Å²) in [7, 11) is -2.72. The first kappa shape index (κ1) is 12.3. The smallest absolute Gasteiger partial charge is 0.150 e. The van der Waals surface area contributed by atoms with Gasteiger partial charge in [-0.3, -0.25) is 0 Å². The molecule has 0 saturated carbocycles. The van der Waals surface area contributed by atoms with Gasteiger partial charge in [0.25, 0.3) is 0 Å². The van der Waals surface area contributed by atoms with Crippen LogP contribution >= 0.6 is 0 Å². The number of ether oxygens (including phenoxy) is 1. The Morgan fingerprint density at radius 1 is 1.19 bits per heavy atom. The molecule has 1 N–H and O–H groups in total. The summed E-state index contributed by atoms with van der Waals surface area (Å²) in [6.07, 6.45) is 3.94. The third-order valence-corrected chi connectivity index (χ3v) is 5.22. The van der Waals surface area contributed by atoms with Crippen LogP contribution in [0.15, 0.2) is 0 Å². The van der Waals surface area contributed by atoms with Crippen molar-refractivity contribution in [2.45, 2.75) is 31.7 Å². The van der Waals surface area contributed by atoms with Crippen molar-refractivity contribution >= 4 is 9.84 Å². The Balaban J connectivity index is 1.67. The summed E-state index contributed by atoms with van der Waals surface area (Å²) in [5, 5.41) is 3.48. The van der Waals surface area contributed by atoms with E-state index in [9.17, 15) is 8.42 Å². The molecule has 2 rings (SSSR count). The Morgan fingerprint density at radius 2 is 1.94 bits per heavy atom. The van der Waals surface area contributed by atoms with Crippen LogP contribution in [-0.2, 0) is 14.6 Å². The van der Waals surface area contributed by atoms with E-state index in [1.54, 1.807) is 0 Å². The third-order valence-electron chi connectivity index (χ3n) is 3.50. The number of rotatable bonds is 3. The van der Waals surface area contributed by atoms with Crippen molar-refractivity contribution in [3.8, 4) is 0 Å². The molecule has 0 spiro atoms. The molecule has 0 amide bonds. The fourth-order valence-electron chi connectivity index (χ4n) is 2.40. The second-order valence-corrected chi connectivity index (χ2v) is 7.22. The molecule has 0 radical (unpaired) electrons. The Kier molecular flexibility index (Phi) is 4.21. The standard InChI is InChI=1S/C11H21NO3S/c13-16(14)6-3-11(4-7-16)12-8-10-2-1-5-15-9-10/h10-12H,1-9H2. The highest BCUT2D eigenvalue weighted by atomic mass is 32.2. The van der Waals surface area contributed by atoms with Gasteiger partial charge in [-0.25, -0.2) is 8.42 Å². The minimum atomic E-state index is -2.72. The van der Waals surface area contributed by atoms with Crippen molar-refractivity contribution in [1.82, 2.24) is 5.32 Å². The van der Waals surface area contributed by atoms with Crippen molar-refractivity contribution in [3.05, 3.63) is 0 Å². The maximum Gasteiger partial charge on any atom is 0.150 e. The molecule has 0 aromatic rings. The minimum absolute atomic E-state index is 0.353. The summed E-state index contributed by atoms with van der Waals surface area (Å²) in [6.45, 7) is 2.74. The molecule has 2 fully saturated rings. The number of hydrogen-bond donors (Lipinski definition) is 1. The van der Waals surface area contributed by atoms with E-state index in [-0.39, 0.29) is 0 Å². The van der Waals surface area contributed by atoms with Gasteiger partial charge in [-0.15, -0.1) is 0 Å². The van der Waals surface area contributed by atoms with Crippen LogP contribution in [0.5, 0.6) is 0 Å². The molecule has 2 heterocycles. The van der Waals surface area contributed by atoms with Crippen molar-refractivity contribution in [3.63, 3.8) is 0 Å². The molecule has 94 valence electrons. The number of sulfone groups is 1. The van der Waals surface area contributed by atoms with E-state index in [0.29, 0.717) is 23.5 Å². The number of hydrogen-bond acceptors (Lipinski definition) is 4. The lowest BCUT2D eigenvalue weighted by atomic mass is 10.0. The second kappa shape index (κ2) is 5.47. The van der Waals surface area contributed by atoms with Crippen molar-refractivity contribution in [2.24, 2.45) is 5.92 Å².